The van der Waals surface area contributed by atoms with E-state index in [1.165, 1.54) is 32.6 Å². The largest absolute Gasteiger partial charge is 0.309 e. The fourth-order valence-corrected chi connectivity index (χ4v) is 9.75. The summed E-state index contributed by atoms with van der Waals surface area (Å²) in [6.45, 7) is 0. The minimum Gasteiger partial charge on any atom is -0.309 e. The van der Waals surface area contributed by atoms with Gasteiger partial charge in [-0.25, -0.2) is 0 Å². The summed E-state index contributed by atoms with van der Waals surface area (Å²) >= 11 is 0. The second-order valence-electron chi connectivity index (χ2n) is 11.7. The van der Waals surface area contributed by atoms with Crippen LogP contribution in [0.1, 0.15) is 0 Å². The summed E-state index contributed by atoms with van der Waals surface area (Å²) in [5.41, 5.74) is 6.80. The zero-order chi connectivity index (χ0) is 30.7. The number of rotatable bonds is 5. The zero-order valence-corrected chi connectivity index (χ0v) is 25.9. The summed E-state index contributed by atoms with van der Waals surface area (Å²) < 4.78 is 19.7. The van der Waals surface area contributed by atoms with E-state index in [-0.39, 0.29) is 0 Å². The second-order valence-corrected chi connectivity index (χ2v) is 14.5. The molecular weight excluding hydrogens is 579 g/mol. The van der Waals surface area contributed by atoms with Gasteiger partial charge in [-0.15, -0.1) is 0 Å². The molecule has 0 fully saturated rings. The number of hydrogen-bond acceptors (Lipinski definition) is 1. The Balaban J connectivity index is 1.30. The molecule has 7 aromatic carbocycles. The van der Waals surface area contributed by atoms with Gasteiger partial charge in [0.25, 0.3) is 0 Å². The molecule has 4 heteroatoms. The monoisotopic (exact) mass is 608 g/mol. The molecule has 218 valence electrons. The Labute approximate surface area is 267 Å². The topological polar surface area (TPSA) is 26.9 Å². The van der Waals surface area contributed by atoms with Gasteiger partial charge in [0, 0.05) is 48.8 Å². The normalized spacial score (nSPS) is 12.0. The molecule has 0 bridgehead atoms. The smallest absolute Gasteiger partial charge is 0.171 e. The lowest BCUT2D eigenvalue weighted by Crippen LogP contribution is -2.24. The molecule has 46 heavy (non-hydrogen) atoms. The summed E-state index contributed by atoms with van der Waals surface area (Å²) in [5.74, 6) is 0. The molecule has 0 spiro atoms. The summed E-state index contributed by atoms with van der Waals surface area (Å²) in [6, 6.07) is 60.6. The van der Waals surface area contributed by atoms with Crippen LogP contribution in [-0.2, 0) is 4.57 Å². The van der Waals surface area contributed by atoms with Gasteiger partial charge in [0.1, 0.15) is 0 Å². The summed E-state index contributed by atoms with van der Waals surface area (Å²) in [4.78, 5) is 0. The Morgan fingerprint density at radius 1 is 0.326 bits per heavy atom. The van der Waals surface area contributed by atoms with Crippen LogP contribution in [0, 0.1) is 0 Å². The molecule has 0 saturated carbocycles. The third kappa shape index (κ3) is 3.96. The number of para-hydroxylation sites is 3. The zero-order valence-electron chi connectivity index (χ0n) is 25.0. The van der Waals surface area contributed by atoms with E-state index in [2.05, 4.69) is 124 Å². The number of benzene rings is 7. The van der Waals surface area contributed by atoms with E-state index in [0.29, 0.717) is 0 Å². The van der Waals surface area contributed by atoms with Crippen LogP contribution in [-0.4, -0.2) is 9.13 Å². The molecule has 0 aliphatic carbocycles. The van der Waals surface area contributed by atoms with Crippen LogP contribution in [0.15, 0.2) is 176 Å². The van der Waals surface area contributed by atoms with Crippen molar-refractivity contribution in [1.29, 1.82) is 0 Å². The van der Waals surface area contributed by atoms with Crippen LogP contribution in [0.4, 0.5) is 0 Å². The van der Waals surface area contributed by atoms with Crippen molar-refractivity contribution in [2.24, 2.45) is 0 Å². The highest BCUT2D eigenvalue weighted by Crippen LogP contribution is 2.43. The molecule has 0 aliphatic heterocycles. The minimum atomic E-state index is -3.07. The van der Waals surface area contributed by atoms with Gasteiger partial charge in [0.15, 0.2) is 7.14 Å². The minimum absolute atomic E-state index is 0.820. The van der Waals surface area contributed by atoms with Crippen molar-refractivity contribution < 1.29 is 4.57 Å². The lowest BCUT2D eigenvalue weighted by molar-refractivity contribution is 0.592. The Morgan fingerprint density at radius 2 is 0.717 bits per heavy atom. The van der Waals surface area contributed by atoms with Crippen LogP contribution >= 0.6 is 7.14 Å². The highest BCUT2D eigenvalue weighted by atomic mass is 31.2. The van der Waals surface area contributed by atoms with E-state index < -0.39 is 7.14 Å². The van der Waals surface area contributed by atoms with Crippen LogP contribution in [0.2, 0.25) is 0 Å². The van der Waals surface area contributed by atoms with Crippen LogP contribution in [0.5, 0.6) is 0 Å². The van der Waals surface area contributed by atoms with Crippen molar-refractivity contribution >= 4 is 66.7 Å². The molecule has 3 nitrogen and oxygen atoms in total. The van der Waals surface area contributed by atoms with E-state index in [4.69, 9.17) is 0 Å². The van der Waals surface area contributed by atoms with Gasteiger partial charge in [-0.2, -0.15) is 0 Å². The van der Waals surface area contributed by atoms with E-state index >= 15 is 4.57 Å². The highest BCUT2D eigenvalue weighted by molar-refractivity contribution is 7.85. The molecule has 0 saturated heterocycles. The Morgan fingerprint density at radius 3 is 1.22 bits per heavy atom. The number of hydrogen-bond donors (Lipinski definition) is 0. The summed E-state index contributed by atoms with van der Waals surface area (Å²) in [5, 5.41) is 7.38. The first-order valence-electron chi connectivity index (χ1n) is 15.6. The first-order chi connectivity index (χ1) is 22.7. The van der Waals surface area contributed by atoms with Gasteiger partial charge >= 0.3 is 0 Å². The van der Waals surface area contributed by atoms with E-state index in [0.717, 1.165) is 38.3 Å². The number of aromatic nitrogens is 2. The third-order valence-electron chi connectivity index (χ3n) is 9.19. The SMILES string of the molecule is O=P(c1ccccc1)(c1ccccc1)c1ccc(-n2c3ccccc3c3cc4c5ccccc5n(-c5ccccc5)c4cc32)cc1. The molecule has 2 aromatic heterocycles. The quantitative estimate of drug-likeness (QED) is 0.179. The molecule has 0 aliphatic rings. The van der Waals surface area contributed by atoms with Gasteiger partial charge in [-0.3, -0.25) is 0 Å². The fraction of sp³-hybridized carbons (Fsp3) is 0. The predicted octanol–water partition coefficient (Wildman–Crippen LogP) is 9.52. The fourth-order valence-electron chi connectivity index (χ4n) is 7.10. The summed E-state index contributed by atoms with van der Waals surface area (Å²) in [7, 11) is -3.07. The van der Waals surface area contributed by atoms with Crippen LogP contribution < -0.4 is 15.9 Å². The Bertz CT molecular complexity index is 2540. The molecule has 0 atom stereocenters. The Hall–Kier alpha value is -5.63. The lowest BCUT2D eigenvalue weighted by atomic mass is 10.1. The molecular formula is C42H29N2OP. The lowest BCUT2D eigenvalue weighted by Gasteiger charge is -2.20. The summed E-state index contributed by atoms with van der Waals surface area (Å²) in [6.07, 6.45) is 0. The number of fused-ring (bicyclic) bond motifs is 6. The predicted molar refractivity (Wildman–Crippen MR) is 195 cm³/mol. The second kappa shape index (κ2) is 10.5. The van der Waals surface area contributed by atoms with Crippen LogP contribution in [0.3, 0.4) is 0 Å². The van der Waals surface area contributed by atoms with Crippen molar-refractivity contribution in [3.8, 4) is 11.4 Å². The average Bonchev–Trinajstić information content (AvgIpc) is 3.63. The highest BCUT2D eigenvalue weighted by Gasteiger charge is 2.29. The van der Waals surface area contributed by atoms with Crippen molar-refractivity contribution in [2.45, 2.75) is 0 Å². The van der Waals surface area contributed by atoms with E-state index in [1.807, 2.05) is 60.7 Å². The Kier molecular flexibility index (Phi) is 6.09. The molecule has 0 unspecified atom stereocenters. The standard InChI is InChI=1S/C42H29N2OP/c45-46(32-16-6-2-7-17-32,33-18-8-3-9-19-33)34-26-24-31(25-27-34)44-40-23-13-11-21-36(40)38-28-37-35-20-10-12-22-39(35)43(41(37)29-42(38)44)30-14-4-1-5-15-30/h1-29H. The van der Waals surface area contributed by atoms with Gasteiger partial charge in [0.05, 0.1) is 22.1 Å². The van der Waals surface area contributed by atoms with Gasteiger partial charge in [-0.1, -0.05) is 115 Å². The average molecular weight is 609 g/mol. The molecule has 2 heterocycles. The molecule has 0 N–H and O–H groups in total. The van der Waals surface area contributed by atoms with Crippen molar-refractivity contribution in [3.05, 3.63) is 176 Å². The first-order valence-corrected chi connectivity index (χ1v) is 17.3. The maximum absolute atomic E-state index is 15.0. The first kappa shape index (κ1) is 26.7. The molecule has 0 amide bonds. The molecule has 0 radical (unpaired) electrons. The van der Waals surface area contributed by atoms with Crippen molar-refractivity contribution in [1.82, 2.24) is 9.13 Å². The van der Waals surface area contributed by atoms with Gasteiger partial charge in [0.2, 0.25) is 0 Å². The van der Waals surface area contributed by atoms with Gasteiger partial charge in [-0.05, 0) is 60.7 Å². The number of nitrogens with zero attached hydrogens (tertiary/aromatic N) is 2. The third-order valence-corrected chi connectivity index (χ3v) is 12.3. The maximum atomic E-state index is 15.0. The van der Waals surface area contributed by atoms with E-state index in [1.54, 1.807) is 0 Å². The van der Waals surface area contributed by atoms with E-state index in [9.17, 15) is 0 Å². The van der Waals surface area contributed by atoms with Crippen LogP contribution in [0.25, 0.3) is 55.0 Å². The maximum Gasteiger partial charge on any atom is 0.171 e. The van der Waals surface area contributed by atoms with Crippen molar-refractivity contribution in [3.63, 3.8) is 0 Å². The van der Waals surface area contributed by atoms with Crippen molar-refractivity contribution in [2.75, 3.05) is 0 Å². The molecule has 9 rings (SSSR count). The molecule has 9 aromatic rings. The van der Waals surface area contributed by atoms with Gasteiger partial charge < -0.3 is 13.7 Å².